The van der Waals surface area contributed by atoms with Crippen molar-refractivity contribution >= 4 is 17.5 Å². The van der Waals surface area contributed by atoms with E-state index < -0.39 is 11.7 Å². The van der Waals surface area contributed by atoms with E-state index in [1.807, 2.05) is 19.1 Å². The highest BCUT2D eigenvalue weighted by molar-refractivity contribution is 5.85. The minimum Gasteiger partial charge on any atom is -0.453 e. The Morgan fingerprint density at radius 3 is 2.56 bits per heavy atom. The number of rotatable bonds is 4. The van der Waals surface area contributed by atoms with Gasteiger partial charge in [0, 0.05) is 11.4 Å². The van der Waals surface area contributed by atoms with Crippen LogP contribution in [0.4, 0.5) is 16.2 Å². The van der Waals surface area contributed by atoms with Gasteiger partial charge in [0.2, 0.25) is 0 Å². The molecule has 0 saturated heterocycles. The summed E-state index contributed by atoms with van der Waals surface area (Å²) in [6, 6.07) is 7.09. The van der Waals surface area contributed by atoms with Crippen LogP contribution in [0, 0.1) is 0 Å². The first kappa shape index (κ1) is 14.3. The van der Waals surface area contributed by atoms with Crippen molar-refractivity contribution in [2.45, 2.75) is 32.4 Å². The third-order valence-electron chi connectivity index (χ3n) is 2.74. The first-order chi connectivity index (χ1) is 8.32. The SMILES string of the molecule is COC(=O)Nc1cccc(NC(C)C(C)(C)O)c1. The van der Waals surface area contributed by atoms with Crippen molar-refractivity contribution in [3.8, 4) is 0 Å². The quantitative estimate of drug-likeness (QED) is 0.769. The molecule has 0 spiro atoms. The number of carbonyl (C=O) groups excluding carboxylic acids is 1. The Balaban J connectivity index is 2.73. The Morgan fingerprint density at radius 2 is 2.00 bits per heavy atom. The fraction of sp³-hybridized carbons (Fsp3) is 0.462. The Hall–Kier alpha value is -1.75. The van der Waals surface area contributed by atoms with E-state index in [1.165, 1.54) is 7.11 Å². The van der Waals surface area contributed by atoms with E-state index >= 15 is 0 Å². The first-order valence-corrected chi connectivity index (χ1v) is 5.77. The summed E-state index contributed by atoms with van der Waals surface area (Å²) in [6.45, 7) is 5.36. The molecule has 0 radical (unpaired) electrons. The van der Waals surface area contributed by atoms with Crippen LogP contribution in [0.1, 0.15) is 20.8 Å². The molecule has 18 heavy (non-hydrogen) atoms. The molecular formula is C13H20N2O3. The van der Waals surface area contributed by atoms with Crippen LogP contribution in [-0.2, 0) is 4.74 Å². The van der Waals surface area contributed by atoms with Crippen molar-refractivity contribution in [3.63, 3.8) is 0 Å². The van der Waals surface area contributed by atoms with Gasteiger partial charge in [0.05, 0.1) is 18.8 Å². The molecule has 1 amide bonds. The molecule has 0 aliphatic rings. The fourth-order valence-electron chi connectivity index (χ4n) is 1.28. The zero-order valence-corrected chi connectivity index (χ0v) is 11.2. The van der Waals surface area contributed by atoms with Crippen LogP contribution in [0.3, 0.4) is 0 Å². The van der Waals surface area contributed by atoms with Gasteiger partial charge in [-0.15, -0.1) is 0 Å². The number of carbonyl (C=O) groups is 1. The maximum atomic E-state index is 11.1. The second kappa shape index (κ2) is 5.73. The lowest BCUT2D eigenvalue weighted by Crippen LogP contribution is -2.39. The smallest absolute Gasteiger partial charge is 0.411 e. The van der Waals surface area contributed by atoms with Gasteiger partial charge in [-0.3, -0.25) is 5.32 Å². The highest BCUT2D eigenvalue weighted by Crippen LogP contribution is 2.19. The number of methoxy groups -OCH3 is 1. The molecule has 1 atom stereocenters. The Bertz CT molecular complexity index is 413. The van der Waals surface area contributed by atoms with Gasteiger partial charge in [0.1, 0.15) is 0 Å². The Labute approximate surface area is 107 Å². The van der Waals surface area contributed by atoms with Crippen LogP contribution >= 0.6 is 0 Å². The largest absolute Gasteiger partial charge is 0.453 e. The molecule has 3 N–H and O–H groups in total. The summed E-state index contributed by atoms with van der Waals surface area (Å²) in [5, 5.41) is 15.6. The molecule has 1 aromatic carbocycles. The lowest BCUT2D eigenvalue weighted by molar-refractivity contribution is 0.0649. The van der Waals surface area contributed by atoms with Crippen molar-refractivity contribution < 1.29 is 14.6 Å². The van der Waals surface area contributed by atoms with E-state index in [1.54, 1.807) is 26.0 Å². The van der Waals surface area contributed by atoms with E-state index in [9.17, 15) is 9.90 Å². The third-order valence-corrected chi connectivity index (χ3v) is 2.74. The molecule has 0 aliphatic carbocycles. The van der Waals surface area contributed by atoms with E-state index in [0.717, 1.165) is 5.69 Å². The third kappa shape index (κ3) is 4.25. The van der Waals surface area contributed by atoms with Gasteiger partial charge in [-0.2, -0.15) is 0 Å². The number of amides is 1. The molecule has 0 fully saturated rings. The van der Waals surface area contributed by atoms with Crippen molar-refractivity contribution in [1.82, 2.24) is 0 Å². The summed E-state index contributed by atoms with van der Waals surface area (Å²) < 4.78 is 4.52. The minimum atomic E-state index is -0.828. The van der Waals surface area contributed by atoms with Crippen LogP contribution in [0.2, 0.25) is 0 Å². The van der Waals surface area contributed by atoms with Crippen LogP contribution in [0.25, 0.3) is 0 Å². The summed E-state index contributed by atoms with van der Waals surface area (Å²) in [5.41, 5.74) is 0.625. The second-order valence-electron chi connectivity index (χ2n) is 4.72. The summed E-state index contributed by atoms with van der Waals surface area (Å²) in [4.78, 5) is 11.1. The molecule has 1 rings (SSSR count). The van der Waals surface area contributed by atoms with Crippen molar-refractivity contribution in [3.05, 3.63) is 24.3 Å². The zero-order valence-electron chi connectivity index (χ0n) is 11.2. The van der Waals surface area contributed by atoms with Gasteiger partial charge in [-0.05, 0) is 39.0 Å². The number of anilines is 2. The van der Waals surface area contributed by atoms with Crippen LogP contribution in [0.5, 0.6) is 0 Å². The average molecular weight is 252 g/mol. The highest BCUT2D eigenvalue weighted by Gasteiger charge is 2.21. The molecule has 0 bridgehead atoms. The summed E-state index contributed by atoms with van der Waals surface area (Å²) in [5.74, 6) is 0. The van der Waals surface area contributed by atoms with Gasteiger partial charge < -0.3 is 15.2 Å². The van der Waals surface area contributed by atoms with E-state index in [2.05, 4.69) is 15.4 Å². The normalized spacial score (nSPS) is 12.7. The van der Waals surface area contributed by atoms with E-state index in [0.29, 0.717) is 5.69 Å². The molecule has 0 aromatic heterocycles. The number of aliphatic hydroxyl groups is 1. The number of hydrogen-bond acceptors (Lipinski definition) is 4. The van der Waals surface area contributed by atoms with Gasteiger partial charge in [-0.1, -0.05) is 6.07 Å². The minimum absolute atomic E-state index is 0.120. The second-order valence-corrected chi connectivity index (χ2v) is 4.72. The van der Waals surface area contributed by atoms with Crippen molar-refractivity contribution in [2.24, 2.45) is 0 Å². The molecule has 1 unspecified atom stereocenters. The number of benzene rings is 1. The molecule has 5 heteroatoms. The molecule has 5 nitrogen and oxygen atoms in total. The van der Waals surface area contributed by atoms with Crippen LogP contribution < -0.4 is 10.6 Å². The molecule has 0 saturated carbocycles. The highest BCUT2D eigenvalue weighted by atomic mass is 16.5. The molecule has 0 aliphatic heterocycles. The number of nitrogens with one attached hydrogen (secondary N) is 2. The van der Waals surface area contributed by atoms with E-state index in [4.69, 9.17) is 0 Å². The summed E-state index contributed by atoms with van der Waals surface area (Å²) >= 11 is 0. The van der Waals surface area contributed by atoms with E-state index in [-0.39, 0.29) is 6.04 Å². The first-order valence-electron chi connectivity index (χ1n) is 5.77. The lowest BCUT2D eigenvalue weighted by atomic mass is 10.0. The molecule has 0 heterocycles. The maximum absolute atomic E-state index is 11.1. The zero-order chi connectivity index (χ0) is 13.8. The molecular weight excluding hydrogens is 232 g/mol. The Kier molecular flexibility index (Phi) is 4.55. The topological polar surface area (TPSA) is 70.6 Å². The van der Waals surface area contributed by atoms with Crippen LogP contribution in [0.15, 0.2) is 24.3 Å². The predicted octanol–water partition coefficient (Wildman–Crippen LogP) is 2.44. The van der Waals surface area contributed by atoms with Gasteiger partial charge >= 0.3 is 6.09 Å². The fourth-order valence-corrected chi connectivity index (χ4v) is 1.28. The number of hydrogen-bond donors (Lipinski definition) is 3. The lowest BCUT2D eigenvalue weighted by Gasteiger charge is -2.27. The van der Waals surface area contributed by atoms with Gasteiger partial charge in [0.15, 0.2) is 0 Å². The van der Waals surface area contributed by atoms with Crippen LogP contribution in [-0.4, -0.2) is 30.0 Å². The van der Waals surface area contributed by atoms with Crippen molar-refractivity contribution in [2.75, 3.05) is 17.7 Å². The molecule has 100 valence electrons. The summed E-state index contributed by atoms with van der Waals surface area (Å²) in [6.07, 6.45) is -0.511. The predicted molar refractivity (Wildman–Crippen MR) is 71.9 cm³/mol. The van der Waals surface area contributed by atoms with Crippen molar-refractivity contribution in [1.29, 1.82) is 0 Å². The maximum Gasteiger partial charge on any atom is 0.411 e. The Morgan fingerprint density at radius 1 is 1.39 bits per heavy atom. The summed E-state index contributed by atoms with van der Waals surface area (Å²) in [7, 11) is 1.31. The van der Waals surface area contributed by atoms with Gasteiger partial charge in [-0.25, -0.2) is 4.79 Å². The molecule has 1 aromatic rings. The number of ether oxygens (including phenoxy) is 1. The monoisotopic (exact) mass is 252 g/mol. The van der Waals surface area contributed by atoms with Gasteiger partial charge in [0.25, 0.3) is 0 Å². The average Bonchev–Trinajstić information content (AvgIpc) is 2.28. The standard InChI is InChI=1S/C13H20N2O3/c1-9(13(2,3)17)14-10-6-5-7-11(8-10)15-12(16)18-4/h5-9,14,17H,1-4H3,(H,15,16).